The van der Waals surface area contributed by atoms with Gasteiger partial charge in [-0.25, -0.2) is 0 Å². The number of rotatable bonds is 2. The molecule has 1 N–H and O–H groups in total. The lowest BCUT2D eigenvalue weighted by Gasteiger charge is -2.39. The Hall–Kier alpha value is -0.540. The monoisotopic (exact) mass is 301 g/mol. The average molecular weight is 303 g/mol. The lowest BCUT2D eigenvalue weighted by molar-refractivity contribution is 0.0850. The number of hydrogen-bond acceptors (Lipinski definition) is 1. The Morgan fingerprint density at radius 3 is 2.69 bits per heavy atom. The maximum absolute atomic E-state index is 11.9. The zero-order valence-corrected chi connectivity index (χ0v) is 11.4. The largest absolute Gasteiger partial charge is 0.347 e. The summed E-state index contributed by atoms with van der Waals surface area (Å²) in [6.45, 7) is 2.08. The molecule has 4 heteroatoms. The Kier molecular flexibility index (Phi) is 3.27. The number of amides is 1. The summed E-state index contributed by atoms with van der Waals surface area (Å²) in [5, 5.41) is 3.60. The second kappa shape index (κ2) is 4.38. The SMILES string of the molecule is CC1(NC(=O)c2ccc(Br)c(Cl)c2)CCC1. The first-order chi connectivity index (χ1) is 7.50. The van der Waals surface area contributed by atoms with Crippen LogP contribution in [0.25, 0.3) is 0 Å². The molecule has 86 valence electrons. The molecule has 0 aliphatic heterocycles. The number of benzene rings is 1. The third kappa shape index (κ3) is 2.41. The summed E-state index contributed by atoms with van der Waals surface area (Å²) in [7, 11) is 0. The van der Waals surface area contributed by atoms with E-state index in [-0.39, 0.29) is 11.4 Å². The minimum absolute atomic E-state index is 0.0172. The van der Waals surface area contributed by atoms with Crippen LogP contribution in [0.15, 0.2) is 22.7 Å². The van der Waals surface area contributed by atoms with E-state index in [0.717, 1.165) is 17.3 Å². The molecule has 2 nitrogen and oxygen atoms in total. The zero-order chi connectivity index (χ0) is 11.8. The molecule has 16 heavy (non-hydrogen) atoms. The fourth-order valence-corrected chi connectivity index (χ4v) is 2.24. The molecule has 1 amide bonds. The van der Waals surface area contributed by atoms with Crippen LogP contribution < -0.4 is 5.32 Å². The smallest absolute Gasteiger partial charge is 0.251 e. The molecule has 0 bridgehead atoms. The van der Waals surface area contributed by atoms with Crippen molar-refractivity contribution in [2.45, 2.75) is 31.7 Å². The summed E-state index contributed by atoms with van der Waals surface area (Å²) < 4.78 is 0.806. The number of carbonyl (C=O) groups is 1. The van der Waals surface area contributed by atoms with Crippen molar-refractivity contribution in [1.82, 2.24) is 5.32 Å². The highest BCUT2D eigenvalue weighted by molar-refractivity contribution is 9.10. The highest BCUT2D eigenvalue weighted by atomic mass is 79.9. The van der Waals surface area contributed by atoms with Gasteiger partial charge in [0.15, 0.2) is 0 Å². The van der Waals surface area contributed by atoms with E-state index in [0.29, 0.717) is 10.6 Å². The standard InChI is InChI=1S/C12H13BrClNO/c1-12(5-2-6-12)15-11(16)8-3-4-9(13)10(14)7-8/h3-4,7H,2,5-6H2,1H3,(H,15,16). The molecule has 0 spiro atoms. The minimum atomic E-state index is -0.0448. The van der Waals surface area contributed by atoms with E-state index in [1.807, 2.05) is 0 Å². The molecule has 1 aromatic carbocycles. The van der Waals surface area contributed by atoms with Crippen LogP contribution in [-0.2, 0) is 0 Å². The molecule has 1 aliphatic rings. The van der Waals surface area contributed by atoms with Crippen LogP contribution in [0.3, 0.4) is 0 Å². The Labute approximate surface area is 108 Å². The molecule has 1 saturated carbocycles. The van der Waals surface area contributed by atoms with Crippen molar-refractivity contribution in [3.63, 3.8) is 0 Å². The Morgan fingerprint density at radius 1 is 1.50 bits per heavy atom. The molecule has 1 fully saturated rings. The molecule has 1 aromatic rings. The predicted molar refractivity (Wildman–Crippen MR) is 68.9 cm³/mol. The summed E-state index contributed by atoms with van der Waals surface area (Å²) in [6, 6.07) is 5.25. The van der Waals surface area contributed by atoms with Gasteiger partial charge in [0.1, 0.15) is 0 Å². The number of halogens is 2. The number of carbonyl (C=O) groups excluding carboxylic acids is 1. The van der Waals surface area contributed by atoms with Gasteiger partial charge in [0.2, 0.25) is 0 Å². The molecule has 1 aliphatic carbocycles. The van der Waals surface area contributed by atoms with Crippen molar-refractivity contribution in [2.75, 3.05) is 0 Å². The summed E-state index contributed by atoms with van der Waals surface area (Å²) in [6.07, 6.45) is 3.31. The highest BCUT2D eigenvalue weighted by Crippen LogP contribution is 2.31. The lowest BCUT2D eigenvalue weighted by Crippen LogP contribution is -2.50. The van der Waals surface area contributed by atoms with Crippen LogP contribution >= 0.6 is 27.5 Å². The van der Waals surface area contributed by atoms with Crippen molar-refractivity contribution in [2.24, 2.45) is 0 Å². The molecular formula is C12H13BrClNO. The van der Waals surface area contributed by atoms with E-state index in [2.05, 4.69) is 28.2 Å². The van der Waals surface area contributed by atoms with Gasteiger partial charge in [-0.2, -0.15) is 0 Å². The second-order valence-corrected chi connectivity index (χ2v) is 5.76. The van der Waals surface area contributed by atoms with E-state index >= 15 is 0 Å². The molecule has 0 saturated heterocycles. The molecule has 0 radical (unpaired) electrons. The second-order valence-electron chi connectivity index (χ2n) is 4.50. The summed E-state index contributed by atoms with van der Waals surface area (Å²) in [5.41, 5.74) is 0.595. The fraction of sp³-hybridized carbons (Fsp3) is 0.417. The van der Waals surface area contributed by atoms with Crippen molar-refractivity contribution < 1.29 is 4.79 Å². The van der Waals surface area contributed by atoms with E-state index in [9.17, 15) is 4.79 Å². The van der Waals surface area contributed by atoms with Gasteiger partial charge in [-0.1, -0.05) is 11.6 Å². The third-order valence-electron chi connectivity index (χ3n) is 3.05. The van der Waals surface area contributed by atoms with Crippen molar-refractivity contribution in [3.05, 3.63) is 33.3 Å². The summed E-state index contributed by atoms with van der Waals surface area (Å²) >= 11 is 9.25. The maximum Gasteiger partial charge on any atom is 0.251 e. The summed E-state index contributed by atoms with van der Waals surface area (Å²) in [5.74, 6) is -0.0448. The first-order valence-corrected chi connectivity index (χ1v) is 6.45. The first-order valence-electron chi connectivity index (χ1n) is 5.28. The summed E-state index contributed by atoms with van der Waals surface area (Å²) in [4.78, 5) is 11.9. The Morgan fingerprint density at radius 2 is 2.19 bits per heavy atom. The fourth-order valence-electron chi connectivity index (χ4n) is 1.82. The van der Waals surface area contributed by atoms with E-state index in [1.165, 1.54) is 6.42 Å². The van der Waals surface area contributed by atoms with Crippen LogP contribution in [0.5, 0.6) is 0 Å². The van der Waals surface area contributed by atoms with E-state index in [1.54, 1.807) is 18.2 Å². The minimum Gasteiger partial charge on any atom is -0.347 e. The van der Waals surface area contributed by atoms with Gasteiger partial charge >= 0.3 is 0 Å². The van der Waals surface area contributed by atoms with Gasteiger partial charge in [-0.05, 0) is 60.3 Å². The first kappa shape index (κ1) is 11.9. The van der Waals surface area contributed by atoms with E-state index < -0.39 is 0 Å². The van der Waals surface area contributed by atoms with Crippen LogP contribution in [0.1, 0.15) is 36.5 Å². The normalized spacial score (nSPS) is 17.7. The van der Waals surface area contributed by atoms with Gasteiger partial charge in [-0.3, -0.25) is 4.79 Å². The van der Waals surface area contributed by atoms with Crippen molar-refractivity contribution in [3.8, 4) is 0 Å². The van der Waals surface area contributed by atoms with Crippen molar-refractivity contribution >= 4 is 33.4 Å². The quantitative estimate of drug-likeness (QED) is 0.885. The van der Waals surface area contributed by atoms with Gasteiger partial charge in [0.05, 0.1) is 5.02 Å². The van der Waals surface area contributed by atoms with Gasteiger partial charge in [0, 0.05) is 15.6 Å². The number of nitrogens with one attached hydrogen (secondary N) is 1. The molecular weight excluding hydrogens is 289 g/mol. The van der Waals surface area contributed by atoms with E-state index in [4.69, 9.17) is 11.6 Å². The molecule has 0 unspecified atom stereocenters. The van der Waals surface area contributed by atoms with Crippen LogP contribution in [0.2, 0.25) is 5.02 Å². The Balaban J connectivity index is 2.11. The highest BCUT2D eigenvalue weighted by Gasteiger charge is 2.33. The molecule has 0 aromatic heterocycles. The third-order valence-corrected chi connectivity index (χ3v) is 4.29. The maximum atomic E-state index is 11.9. The molecule has 0 heterocycles. The zero-order valence-electron chi connectivity index (χ0n) is 9.02. The topological polar surface area (TPSA) is 29.1 Å². The average Bonchev–Trinajstić information content (AvgIpc) is 2.19. The number of hydrogen-bond donors (Lipinski definition) is 1. The Bertz CT molecular complexity index is 429. The van der Waals surface area contributed by atoms with Crippen LogP contribution in [0, 0.1) is 0 Å². The predicted octanol–water partition coefficient (Wildman–Crippen LogP) is 3.77. The molecule has 0 atom stereocenters. The van der Waals surface area contributed by atoms with Gasteiger partial charge < -0.3 is 5.32 Å². The van der Waals surface area contributed by atoms with Crippen molar-refractivity contribution in [1.29, 1.82) is 0 Å². The van der Waals surface area contributed by atoms with Crippen LogP contribution in [0.4, 0.5) is 0 Å². The molecule has 2 rings (SSSR count). The van der Waals surface area contributed by atoms with Gasteiger partial charge in [-0.15, -0.1) is 0 Å². The van der Waals surface area contributed by atoms with Crippen LogP contribution in [-0.4, -0.2) is 11.4 Å². The van der Waals surface area contributed by atoms with Gasteiger partial charge in [0.25, 0.3) is 5.91 Å². The lowest BCUT2D eigenvalue weighted by atomic mass is 9.78.